The number of nitrogens with one attached hydrogen (secondary N) is 1. The Labute approximate surface area is 143 Å². The molecular formula is C17H16INO3. The van der Waals surface area contributed by atoms with Crippen molar-refractivity contribution in [2.75, 3.05) is 5.32 Å². The molecule has 114 valence electrons. The molecule has 1 amide bonds. The van der Waals surface area contributed by atoms with Crippen molar-refractivity contribution in [3.63, 3.8) is 0 Å². The summed E-state index contributed by atoms with van der Waals surface area (Å²) >= 11 is 2.15. The van der Waals surface area contributed by atoms with E-state index in [1.807, 2.05) is 37.3 Å². The second-order valence-electron chi connectivity index (χ2n) is 4.91. The van der Waals surface area contributed by atoms with E-state index in [2.05, 4.69) is 27.9 Å². The number of aryl methyl sites for hydroxylation is 1. The number of carbonyl (C=O) groups excluding carboxylic acids is 2. The Morgan fingerprint density at radius 1 is 1.14 bits per heavy atom. The Morgan fingerprint density at radius 3 is 2.45 bits per heavy atom. The van der Waals surface area contributed by atoms with E-state index >= 15 is 0 Å². The van der Waals surface area contributed by atoms with Crippen LogP contribution in [0.1, 0.15) is 22.8 Å². The van der Waals surface area contributed by atoms with Crippen molar-refractivity contribution in [3.05, 3.63) is 63.2 Å². The van der Waals surface area contributed by atoms with Crippen LogP contribution in [0.15, 0.2) is 48.5 Å². The lowest BCUT2D eigenvalue weighted by Crippen LogP contribution is -2.30. The smallest absolute Gasteiger partial charge is 0.338 e. The summed E-state index contributed by atoms with van der Waals surface area (Å²) in [6.07, 6.45) is -0.868. The molecule has 0 heterocycles. The van der Waals surface area contributed by atoms with Crippen molar-refractivity contribution in [2.24, 2.45) is 0 Å². The Hall–Kier alpha value is -1.89. The fourth-order valence-electron chi connectivity index (χ4n) is 1.83. The van der Waals surface area contributed by atoms with Gasteiger partial charge in [0.2, 0.25) is 0 Å². The van der Waals surface area contributed by atoms with Gasteiger partial charge in [-0.2, -0.15) is 0 Å². The number of hydrogen-bond acceptors (Lipinski definition) is 3. The maximum absolute atomic E-state index is 12.1. The number of amides is 1. The molecule has 0 aliphatic heterocycles. The van der Waals surface area contributed by atoms with Crippen molar-refractivity contribution in [3.8, 4) is 0 Å². The van der Waals surface area contributed by atoms with Crippen molar-refractivity contribution in [1.82, 2.24) is 0 Å². The molecule has 0 fully saturated rings. The summed E-state index contributed by atoms with van der Waals surface area (Å²) in [6.45, 7) is 3.49. The quantitative estimate of drug-likeness (QED) is 0.618. The zero-order valence-corrected chi connectivity index (χ0v) is 14.5. The third-order valence-electron chi connectivity index (χ3n) is 3.02. The van der Waals surface area contributed by atoms with Gasteiger partial charge >= 0.3 is 5.97 Å². The molecule has 0 spiro atoms. The van der Waals surface area contributed by atoms with Gasteiger partial charge < -0.3 is 10.1 Å². The lowest BCUT2D eigenvalue weighted by molar-refractivity contribution is -0.123. The minimum atomic E-state index is -0.868. The monoisotopic (exact) mass is 409 g/mol. The molecule has 0 bridgehead atoms. The Morgan fingerprint density at radius 2 is 1.82 bits per heavy atom. The number of esters is 1. The van der Waals surface area contributed by atoms with Gasteiger partial charge in [-0.05, 0) is 78.4 Å². The first-order valence-electron chi connectivity index (χ1n) is 6.80. The van der Waals surface area contributed by atoms with E-state index in [-0.39, 0.29) is 5.91 Å². The molecule has 0 aliphatic carbocycles. The van der Waals surface area contributed by atoms with Gasteiger partial charge in [-0.25, -0.2) is 4.79 Å². The second-order valence-corrected chi connectivity index (χ2v) is 6.16. The van der Waals surface area contributed by atoms with Crippen LogP contribution in [-0.2, 0) is 9.53 Å². The van der Waals surface area contributed by atoms with Crippen LogP contribution in [0.5, 0.6) is 0 Å². The number of rotatable bonds is 4. The zero-order chi connectivity index (χ0) is 16.1. The molecule has 4 nitrogen and oxygen atoms in total. The molecule has 0 aromatic heterocycles. The summed E-state index contributed by atoms with van der Waals surface area (Å²) in [5, 5.41) is 2.73. The molecule has 22 heavy (non-hydrogen) atoms. The van der Waals surface area contributed by atoms with Crippen LogP contribution in [-0.4, -0.2) is 18.0 Å². The van der Waals surface area contributed by atoms with Crippen LogP contribution >= 0.6 is 22.6 Å². The van der Waals surface area contributed by atoms with Gasteiger partial charge in [0, 0.05) is 9.26 Å². The predicted octanol–water partition coefficient (Wildman–Crippen LogP) is 3.78. The third-order valence-corrected chi connectivity index (χ3v) is 3.74. The number of benzene rings is 2. The molecule has 5 heteroatoms. The standard InChI is InChI=1S/C17H16INO3/c1-11-4-3-5-15(10-11)19-16(20)12(2)22-17(21)13-6-8-14(18)9-7-13/h3-10,12H,1-2H3,(H,19,20)/t12-/m1/s1. The van der Waals surface area contributed by atoms with E-state index < -0.39 is 12.1 Å². The molecule has 2 rings (SSSR count). The molecular weight excluding hydrogens is 393 g/mol. The molecule has 1 N–H and O–H groups in total. The summed E-state index contributed by atoms with van der Waals surface area (Å²) in [5.74, 6) is -0.868. The molecule has 2 aromatic rings. The first kappa shape index (κ1) is 16.5. The SMILES string of the molecule is Cc1cccc(NC(=O)[C@@H](C)OC(=O)c2ccc(I)cc2)c1. The van der Waals surface area contributed by atoms with Gasteiger partial charge in [0.1, 0.15) is 0 Å². The highest BCUT2D eigenvalue weighted by atomic mass is 127. The second kappa shape index (κ2) is 7.40. The van der Waals surface area contributed by atoms with Crippen LogP contribution in [0.2, 0.25) is 0 Å². The number of ether oxygens (including phenoxy) is 1. The molecule has 0 saturated heterocycles. The summed E-state index contributed by atoms with van der Waals surface area (Å²) in [7, 11) is 0. The summed E-state index contributed by atoms with van der Waals surface area (Å²) in [5.41, 5.74) is 2.15. The average Bonchev–Trinajstić information content (AvgIpc) is 2.47. The minimum absolute atomic E-state index is 0.357. The topological polar surface area (TPSA) is 55.4 Å². The number of hydrogen-bond donors (Lipinski definition) is 1. The van der Waals surface area contributed by atoms with Gasteiger partial charge in [0.25, 0.3) is 5.91 Å². The highest BCUT2D eigenvalue weighted by Crippen LogP contribution is 2.12. The van der Waals surface area contributed by atoms with Gasteiger partial charge in [0.05, 0.1) is 5.56 Å². The highest BCUT2D eigenvalue weighted by Gasteiger charge is 2.19. The first-order valence-corrected chi connectivity index (χ1v) is 7.87. The fraction of sp³-hybridized carbons (Fsp3) is 0.176. The van der Waals surface area contributed by atoms with E-state index in [1.165, 1.54) is 0 Å². The van der Waals surface area contributed by atoms with Crippen molar-refractivity contribution in [1.29, 1.82) is 0 Å². The molecule has 0 aliphatic rings. The van der Waals surface area contributed by atoms with Gasteiger partial charge in [0.15, 0.2) is 6.10 Å². The van der Waals surface area contributed by atoms with Crippen LogP contribution in [0.25, 0.3) is 0 Å². The summed E-state index contributed by atoms with van der Waals surface area (Å²) in [6, 6.07) is 14.4. The largest absolute Gasteiger partial charge is 0.449 e. The van der Waals surface area contributed by atoms with Crippen molar-refractivity contribution >= 4 is 40.2 Å². The fourth-order valence-corrected chi connectivity index (χ4v) is 2.19. The van der Waals surface area contributed by atoms with Crippen LogP contribution in [0.3, 0.4) is 0 Å². The Bertz CT molecular complexity index is 683. The number of halogens is 1. The van der Waals surface area contributed by atoms with Crippen LogP contribution in [0.4, 0.5) is 5.69 Å². The van der Waals surface area contributed by atoms with Crippen molar-refractivity contribution < 1.29 is 14.3 Å². The van der Waals surface area contributed by atoms with E-state index in [4.69, 9.17) is 4.74 Å². The molecule has 2 aromatic carbocycles. The van der Waals surface area contributed by atoms with Crippen LogP contribution < -0.4 is 5.32 Å². The van der Waals surface area contributed by atoms with Gasteiger partial charge in [-0.1, -0.05) is 12.1 Å². The molecule has 0 unspecified atom stereocenters. The minimum Gasteiger partial charge on any atom is -0.449 e. The van der Waals surface area contributed by atoms with E-state index in [1.54, 1.807) is 25.1 Å². The number of carbonyl (C=O) groups is 2. The van der Waals surface area contributed by atoms with E-state index in [0.717, 1.165) is 9.13 Å². The van der Waals surface area contributed by atoms with E-state index in [0.29, 0.717) is 11.3 Å². The average molecular weight is 409 g/mol. The Kier molecular flexibility index (Phi) is 5.54. The first-order chi connectivity index (χ1) is 10.5. The normalized spacial score (nSPS) is 11.6. The molecule has 0 saturated carbocycles. The van der Waals surface area contributed by atoms with Crippen LogP contribution in [0, 0.1) is 10.5 Å². The summed E-state index contributed by atoms with van der Waals surface area (Å²) < 4.78 is 6.21. The van der Waals surface area contributed by atoms with E-state index in [9.17, 15) is 9.59 Å². The van der Waals surface area contributed by atoms with Gasteiger partial charge in [-0.3, -0.25) is 4.79 Å². The maximum Gasteiger partial charge on any atom is 0.338 e. The summed E-state index contributed by atoms with van der Waals surface area (Å²) in [4.78, 5) is 24.0. The zero-order valence-electron chi connectivity index (χ0n) is 12.3. The molecule has 1 atom stereocenters. The van der Waals surface area contributed by atoms with Crippen molar-refractivity contribution in [2.45, 2.75) is 20.0 Å². The maximum atomic E-state index is 12.1. The molecule has 0 radical (unpaired) electrons. The third kappa shape index (κ3) is 4.56. The predicted molar refractivity (Wildman–Crippen MR) is 93.8 cm³/mol. The number of anilines is 1. The van der Waals surface area contributed by atoms with Gasteiger partial charge in [-0.15, -0.1) is 0 Å². The highest BCUT2D eigenvalue weighted by molar-refractivity contribution is 14.1. The lowest BCUT2D eigenvalue weighted by Gasteiger charge is -2.14. The lowest BCUT2D eigenvalue weighted by atomic mass is 10.2. The Balaban J connectivity index is 1.96.